The first-order valence-corrected chi connectivity index (χ1v) is 17.6. The van der Waals surface area contributed by atoms with Gasteiger partial charge in [0.25, 0.3) is 0 Å². The van der Waals surface area contributed by atoms with Crippen molar-refractivity contribution in [1.29, 1.82) is 0 Å². The first-order valence-electron chi connectivity index (χ1n) is 17.6. The van der Waals surface area contributed by atoms with E-state index in [2.05, 4.69) is 167 Å². The van der Waals surface area contributed by atoms with Crippen LogP contribution >= 0.6 is 0 Å². The fourth-order valence-corrected chi connectivity index (χ4v) is 8.03. The molecule has 0 radical (unpaired) electrons. The molecule has 0 atom stereocenters. The van der Waals surface area contributed by atoms with Crippen molar-refractivity contribution in [3.8, 4) is 16.8 Å². The average Bonchev–Trinajstić information content (AvgIpc) is 3.88. The second-order valence-corrected chi connectivity index (χ2v) is 13.3. The van der Waals surface area contributed by atoms with Crippen LogP contribution in [-0.4, -0.2) is 4.57 Å². The van der Waals surface area contributed by atoms with Crippen LogP contribution in [0.1, 0.15) is 0 Å². The zero-order chi connectivity index (χ0) is 34.2. The van der Waals surface area contributed by atoms with Gasteiger partial charge in [-0.15, -0.1) is 0 Å². The summed E-state index contributed by atoms with van der Waals surface area (Å²) in [6.45, 7) is 0. The summed E-state index contributed by atoms with van der Waals surface area (Å²) in [5.74, 6) is 0. The fourth-order valence-electron chi connectivity index (χ4n) is 8.03. The number of hydrogen-bond acceptors (Lipinski definition) is 3. The van der Waals surface area contributed by atoms with Crippen molar-refractivity contribution in [3.63, 3.8) is 0 Å². The Morgan fingerprint density at radius 2 is 0.962 bits per heavy atom. The Balaban J connectivity index is 1.14. The van der Waals surface area contributed by atoms with Crippen LogP contribution in [0.3, 0.4) is 0 Å². The molecule has 3 aromatic heterocycles. The largest absolute Gasteiger partial charge is 0.456 e. The molecule has 0 saturated carbocycles. The Bertz CT molecular complexity index is 3130. The Kier molecular flexibility index (Phi) is 6.22. The lowest BCUT2D eigenvalue weighted by Gasteiger charge is -2.26. The number of aromatic nitrogens is 1. The van der Waals surface area contributed by atoms with Crippen LogP contribution in [0.4, 0.5) is 17.1 Å². The Morgan fingerprint density at radius 3 is 1.81 bits per heavy atom. The van der Waals surface area contributed by atoms with Gasteiger partial charge in [0, 0.05) is 50.1 Å². The minimum absolute atomic E-state index is 0.851. The lowest BCUT2D eigenvalue weighted by molar-refractivity contribution is 0.669. The van der Waals surface area contributed by atoms with Crippen molar-refractivity contribution >= 4 is 82.7 Å². The molecule has 0 unspecified atom stereocenters. The summed E-state index contributed by atoms with van der Waals surface area (Å²) >= 11 is 0. The third-order valence-electron chi connectivity index (χ3n) is 10.4. The van der Waals surface area contributed by atoms with Crippen LogP contribution in [0, 0.1) is 0 Å². The van der Waals surface area contributed by atoms with Crippen molar-refractivity contribution in [1.82, 2.24) is 4.57 Å². The highest BCUT2D eigenvalue weighted by molar-refractivity contribution is 6.15. The predicted molar refractivity (Wildman–Crippen MR) is 215 cm³/mol. The monoisotopic (exact) mass is 666 g/mol. The van der Waals surface area contributed by atoms with Gasteiger partial charge in [0.05, 0.1) is 22.1 Å². The molecule has 11 rings (SSSR count). The number of nitrogens with zero attached hydrogens (tertiary/aromatic N) is 2. The molecule has 0 aliphatic heterocycles. The highest BCUT2D eigenvalue weighted by Crippen LogP contribution is 2.45. The van der Waals surface area contributed by atoms with E-state index in [1.54, 1.807) is 0 Å². The summed E-state index contributed by atoms with van der Waals surface area (Å²) in [5.41, 5.74) is 12.4. The molecular formula is C48H30N2O2. The Morgan fingerprint density at radius 1 is 0.365 bits per heavy atom. The molecule has 0 saturated heterocycles. The van der Waals surface area contributed by atoms with Crippen molar-refractivity contribution in [3.05, 3.63) is 182 Å². The molecule has 3 heterocycles. The van der Waals surface area contributed by atoms with Gasteiger partial charge in [-0.3, -0.25) is 0 Å². The van der Waals surface area contributed by atoms with E-state index in [-0.39, 0.29) is 0 Å². The van der Waals surface area contributed by atoms with Crippen LogP contribution in [0.5, 0.6) is 0 Å². The number of fused-ring (bicyclic) bond motifs is 9. The number of anilines is 3. The summed E-state index contributed by atoms with van der Waals surface area (Å²) in [6.07, 6.45) is 0. The fraction of sp³-hybridized carbons (Fsp3) is 0. The van der Waals surface area contributed by atoms with E-state index in [4.69, 9.17) is 8.83 Å². The molecule has 0 N–H and O–H groups in total. The van der Waals surface area contributed by atoms with Gasteiger partial charge in [0.2, 0.25) is 0 Å². The van der Waals surface area contributed by atoms with Gasteiger partial charge < -0.3 is 18.3 Å². The minimum atomic E-state index is 0.851. The lowest BCUT2D eigenvalue weighted by Crippen LogP contribution is -2.10. The molecular weight excluding hydrogens is 637 g/mol. The highest BCUT2D eigenvalue weighted by Gasteiger charge is 2.22. The van der Waals surface area contributed by atoms with Crippen LogP contribution < -0.4 is 4.90 Å². The summed E-state index contributed by atoms with van der Waals surface area (Å²) in [7, 11) is 0. The maximum Gasteiger partial charge on any atom is 0.137 e. The second kappa shape index (κ2) is 11.2. The smallest absolute Gasteiger partial charge is 0.137 e. The average molecular weight is 667 g/mol. The minimum Gasteiger partial charge on any atom is -0.456 e. The van der Waals surface area contributed by atoms with E-state index < -0.39 is 0 Å². The second-order valence-electron chi connectivity index (χ2n) is 13.3. The molecule has 0 amide bonds. The molecule has 0 aliphatic rings. The van der Waals surface area contributed by atoms with Crippen molar-refractivity contribution in [2.24, 2.45) is 0 Å². The third-order valence-corrected chi connectivity index (χ3v) is 10.4. The van der Waals surface area contributed by atoms with Crippen molar-refractivity contribution in [2.45, 2.75) is 0 Å². The maximum absolute atomic E-state index is 6.43. The normalized spacial score (nSPS) is 11.8. The Labute approximate surface area is 299 Å². The van der Waals surface area contributed by atoms with Crippen LogP contribution in [0.25, 0.3) is 82.5 Å². The standard InChI is InChI=1S/C48H30N2O2/c1-2-11-31(12-3-1)32-21-23-33(24-22-32)50-41-16-7-4-13-36(41)40-29-34(26-28-42(40)50)49(35-25-27-38-37-14-5-8-18-44(37)52-47(38)30-35)43-17-10-20-46-48(43)39-15-6-9-19-45(39)51-46/h1-30H. The van der Waals surface area contributed by atoms with Crippen molar-refractivity contribution in [2.75, 3.05) is 4.90 Å². The molecule has 0 spiro atoms. The third kappa shape index (κ3) is 4.34. The number of para-hydroxylation sites is 3. The topological polar surface area (TPSA) is 34.5 Å². The quantitative estimate of drug-likeness (QED) is 0.183. The number of hydrogen-bond donors (Lipinski definition) is 0. The molecule has 4 nitrogen and oxygen atoms in total. The molecule has 11 aromatic rings. The number of benzene rings is 8. The zero-order valence-electron chi connectivity index (χ0n) is 28.0. The van der Waals surface area contributed by atoms with Crippen molar-refractivity contribution < 1.29 is 8.83 Å². The molecule has 0 fully saturated rings. The summed E-state index contributed by atoms with van der Waals surface area (Å²) in [4.78, 5) is 2.34. The predicted octanol–water partition coefficient (Wildman–Crippen LogP) is 13.7. The SMILES string of the molecule is c1ccc(-c2ccc(-n3c4ccccc4c4cc(N(c5ccc6c(c5)oc5ccccc56)c5cccc6oc7ccccc7c56)ccc43)cc2)cc1. The van der Waals surface area contributed by atoms with Crippen LogP contribution in [0.2, 0.25) is 0 Å². The number of furan rings is 2. The van der Waals surface area contributed by atoms with Gasteiger partial charge in [0.15, 0.2) is 0 Å². The number of rotatable bonds is 5. The van der Waals surface area contributed by atoms with Gasteiger partial charge >= 0.3 is 0 Å². The van der Waals surface area contributed by atoms with E-state index in [9.17, 15) is 0 Å². The van der Waals surface area contributed by atoms with Crippen LogP contribution in [-0.2, 0) is 0 Å². The molecule has 4 heteroatoms. The van der Waals surface area contributed by atoms with Gasteiger partial charge in [-0.2, -0.15) is 0 Å². The molecule has 0 bridgehead atoms. The molecule has 8 aromatic carbocycles. The highest BCUT2D eigenvalue weighted by atomic mass is 16.3. The molecule has 0 aliphatic carbocycles. The van der Waals surface area contributed by atoms with E-state index >= 15 is 0 Å². The Hall–Kier alpha value is -7.04. The zero-order valence-corrected chi connectivity index (χ0v) is 28.0. The van der Waals surface area contributed by atoms with E-state index in [0.717, 1.165) is 72.1 Å². The van der Waals surface area contributed by atoms with Gasteiger partial charge in [-0.1, -0.05) is 103 Å². The molecule has 52 heavy (non-hydrogen) atoms. The first kappa shape index (κ1) is 28.8. The summed E-state index contributed by atoms with van der Waals surface area (Å²) < 4.78 is 15.2. The van der Waals surface area contributed by atoms with Gasteiger partial charge in [-0.05, 0) is 83.9 Å². The van der Waals surface area contributed by atoms with E-state index in [1.165, 1.54) is 27.4 Å². The van der Waals surface area contributed by atoms with E-state index in [1.807, 2.05) is 24.3 Å². The maximum atomic E-state index is 6.43. The van der Waals surface area contributed by atoms with E-state index in [0.29, 0.717) is 0 Å². The summed E-state index contributed by atoms with van der Waals surface area (Å²) in [6, 6.07) is 64.3. The lowest BCUT2D eigenvalue weighted by atomic mass is 10.1. The molecule has 244 valence electrons. The van der Waals surface area contributed by atoms with Crippen LogP contribution in [0.15, 0.2) is 191 Å². The van der Waals surface area contributed by atoms with Gasteiger partial charge in [0.1, 0.15) is 22.3 Å². The first-order chi connectivity index (χ1) is 25.8. The van der Waals surface area contributed by atoms with Gasteiger partial charge in [-0.25, -0.2) is 0 Å². The summed E-state index contributed by atoms with van der Waals surface area (Å²) in [5, 5.41) is 6.75.